The Hall–Kier alpha value is -0.670. The molecule has 0 unspecified atom stereocenters. The van der Waals surface area contributed by atoms with E-state index in [9.17, 15) is 4.79 Å². The first-order valence-electron chi connectivity index (χ1n) is 2.77. The number of carbonyl (C=O) groups excluding carboxylic acids is 1. The van der Waals surface area contributed by atoms with Gasteiger partial charge < -0.3 is 9.47 Å². The van der Waals surface area contributed by atoms with Crippen LogP contribution in [0.1, 0.15) is 0 Å². The molecular formula is C6H8O3. The Morgan fingerprint density at radius 2 is 1.89 bits per heavy atom. The van der Waals surface area contributed by atoms with Crippen molar-refractivity contribution in [3.8, 4) is 0 Å². The van der Waals surface area contributed by atoms with Gasteiger partial charge in [0.15, 0.2) is 6.29 Å². The van der Waals surface area contributed by atoms with Crippen LogP contribution in [0.15, 0.2) is 12.2 Å². The number of ether oxygens (including phenoxy) is 2. The average Bonchev–Trinajstić information content (AvgIpc) is 2.13. The maximum absolute atomic E-state index is 10.0. The smallest absolute Gasteiger partial charge is 0.215 e. The van der Waals surface area contributed by atoms with Gasteiger partial charge in [-0.2, -0.15) is 0 Å². The number of rotatable bonds is 1. The van der Waals surface area contributed by atoms with E-state index in [1.807, 2.05) is 12.2 Å². The van der Waals surface area contributed by atoms with Crippen LogP contribution in [0.2, 0.25) is 0 Å². The molecule has 9 heavy (non-hydrogen) atoms. The van der Waals surface area contributed by atoms with E-state index in [0.29, 0.717) is 19.5 Å². The Balaban J connectivity index is 2.34. The van der Waals surface area contributed by atoms with E-state index in [0.717, 1.165) is 0 Å². The van der Waals surface area contributed by atoms with Crippen molar-refractivity contribution in [3.05, 3.63) is 12.2 Å². The van der Waals surface area contributed by atoms with Crippen molar-refractivity contribution in [1.29, 1.82) is 0 Å². The number of hydrogen-bond donors (Lipinski definition) is 0. The van der Waals surface area contributed by atoms with Crippen molar-refractivity contribution in [2.24, 2.45) is 0 Å². The quantitative estimate of drug-likeness (QED) is 0.371. The van der Waals surface area contributed by atoms with Crippen LogP contribution in [0.5, 0.6) is 0 Å². The van der Waals surface area contributed by atoms with E-state index < -0.39 is 6.29 Å². The molecular weight excluding hydrogens is 120 g/mol. The molecule has 1 rings (SSSR count). The van der Waals surface area contributed by atoms with E-state index in [2.05, 4.69) is 0 Å². The van der Waals surface area contributed by atoms with Crippen molar-refractivity contribution >= 4 is 6.29 Å². The van der Waals surface area contributed by atoms with Gasteiger partial charge >= 0.3 is 0 Å². The summed E-state index contributed by atoms with van der Waals surface area (Å²) in [6.07, 6.45) is 3.62. The molecule has 1 heterocycles. The third-order valence-corrected chi connectivity index (χ3v) is 0.991. The molecule has 0 radical (unpaired) electrons. The van der Waals surface area contributed by atoms with Crippen LogP contribution in [-0.4, -0.2) is 25.8 Å². The first-order chi connectivity index (χ1) is 4.43. The zero-order valence-corrected chi connectivity index (χ0v) is 4.95. The van der Waals surface area contributed by atoms with Crippen LogP contribution in [0.4, 0.5) is 0 Å². The lowest BCUT2D eigenvalue weighted by Crippen LogP contribution is -2.16. The lowest BCUT2D eigenvalue weighted by Gasteiger charge is -2.05. The minimum absolute atomic E-state index is 0.462. The first kappa shape index (κ1) is 6.45. The molecule has 0 aromatic heterocycles. The number of carbonyl (C=O) groups is 1. The normalized spacial score (nSPS) is 21.3. The summed E-state index contributed by atoms with van der Waals surface area (Å²) in [5, 5.41) is 0. The van der Waals surface area contributed by atoms with Gasteiger partial charge in [0.2, 0.25) is 6.29 Å². The third kappa shape index (κ3) is 1.95. The van der Waals surface area contributed by atoms with Gasteiger partial charge in [0.25, 0.3) is 0 Å². The van der Waals surface area contributed by atoms with Crippen LogP contribution in [0, 0.1) is 0 Å². The Morgan fingerprint density at radius 3 is 2.33 bits per heavy atom. The molecule has 0 aromatic rings. The molecule has 0 N–H and O–H groups in total. The van der Waals surface area contributed by atoms with Crippen LogP contribution in [-0.2, 0) is 14.3 Å². The average molecular weight is 128 g/mol. The van der Waals surface area contributed by atoms with Crippen molar-refractivity contribution in [2.45, 2.75) is 6.29 Å². The van der Waals surface area contributed by atoms with Crippen LogP contribution in [0.3, 0.4) is 0 Å². The Bertz CT molecular complexity index is 109. The highest BCUT2D eigenvalue weighted by molar-refractivity contribution is 5.53. The SMILES string of the molecule is O=CC1OCC=CCO1. The highest BCUT2D eigenvalue weighted by Crippen LogP contribution is 1.96. The van der Waals surface area contributed by atoms with Crippen LogP contribution in [0.25, 0.3) is 0 Å². The Kier molecular flexibility index (Phi) is 2.42. The van der Waals surface area contributed by atoms with Crippen LogP contribution >= 0.6 is 0 Å². The minimum atomic E-state index is -0.667. The topological polar surface area (TPSA) is 35.5 Å². The van der Waals surface area contributed by atoms with E-state index in [4.69, 9.17) is 9.47 Å². The second-order valence-electron chi connectivity index (χ2n) is 1.64. The summed E-state index contributed by atoms with van der Waals surface area (Å²) in [5.41, 5.74) is 0. The molecule has 3 nitrogen and oxygen atoms in total. The van der Waals surface area contributed by atoms with Gasteiger partial charge in [-0.1, -0.05) is 12.2 Å². The largest absolute Gasteiger partial charge is 0.342 e. The summed E-state index contributed by atoms with van der Waals surface area (Å²) in [4.78, 5) is 10.0. The fourth-order valence-corrected chi connectivity index (χ4v) is 0.564. The molecule has 50 valence electrons. The molecule has 0 aromatic carbocycles. The fraction of sp³-hybridized carbons (Fsp3) is 0.500. The summed E-state index contributed by atoms with van der Waals surface area (Å²) < 4.78 is 9.75. The molecule has 0 spiro atoms. The molecule has 1 aliphatic rings. The third-order valence-electron chi connectivity index (χ3n) is 0.991. The molecule has 0 saturated carbocycles. The van der Waals surface area contributed by atoms with Gasteiger partial charge in [-0.3, -0.25) is 4.79 Å². The predicted molar refractivity (Wildman–Crippen MR) is 30.9 cm³/mol. The molecule has 3 heteroatoms. The molecule has 0 bridgehead atoms. The zero-order chi connectivity index (χ0) is 6.53. The standard InChI is InChI=1S/C6H8O3/c7-5-6-8-3-1-2-4-9-6/h1-2,5-6H,3-4H2. The second-order valence-corrected chi connectivity index (χ2v) is 1.64. The first-order valence-corrected chi connectivity index (χ1v) is 2.77. The van der Waals surface area contributed by atoms with Gasteiger partial charge in [0.1, 0.15) is 0 Å². The number of hydrogen-bond acceptors (Lipinski definition) is 3. The summed E-state index contributed by atoms with van der Waals surface area (Å²) in [7, 11) is 0. The summed E-state index contributed by atoms with van der Waals surface area (Å²) in [6.45, 7) is 0.923. The monoisotopic (exact) mass is 128 g/mol. The predicted octanol–water partition coefficient (Wildman–Crippen LogP) is 0.114. The summed E-state index contributed by atoms with van der Waals surface area (Å²) >= 11 is 0. The molecule has 0 saturated heterocycles. The highest BCUT2D eigenvalue weighted by atomic mass is 16.7. The second kappa shape index (κ2) is 3.37. The van der Waals surface area contributed by atoms with E-state index >= 15 is 0 Å². The maximum atomic E-state index is 10.0. The van der Waals surface area contributed by atoms with E-state index in [-0.39, 0.29) is 0 Å². The van der Waals surface area contributed by atoms with Crippen molar-refractivity contribution in [3.63, 3.8) is 0 Å². The zero-order valence-electron chi connectivity index (χ0n) is 4.95. The van der Waals surface area contributed by atoms with Crippen molar-refractivity contribution in [1.82, 2.24) is 0 Å². The highest BCUT2D eigenvalue weighted by Gasteiger charge is 2.06. The Labute approximate surface area is 53.3 Å². The molecule has 0 amide bonds. The van der Waals surface area contributed by atoms with E-state index in [1.165, 1.54) is 0 Å². The summed E-state index contributed by atoms with van der Waals surface area (Å²) in [6, 6.07) is 0. The maximum Gasteiger partial charge on any atom is 0.215 e. The summed E-state index contributed by atoms with van der Waals surface area (Å²) in [5.74, 6) is 0. The fourth-order valence-electron chi connectivity index (χ4n) is 0.564. The van der Waals surface area contributed by atoms with Gasteiger partial charge in [-0.15, -0.1) is 0 Å². The van der Waals surface area contributed by atoms with Gasteiger partial charge in [-0.05, 0) is 0 Å². The molecule has 0 aliphatic carbocycles. The van der Waals surface area contributed by atoms with Crippen LogP contribution < -0.4 is 0 Å². The van der Waals surface area contributed by atoms with Gasteiger partial charge in [0.05, 0.1) is 13.2 Å². The lowest BCUT2D eigenvalue weighted by molar-refractivity contribution is -0.149. The number of aldehydes is 1. The van der Waals surface area contributed by atoms with Crippen molar-refractivity contribution < 1.29 is 14.3 Å². The minimum Gasteiger partial charge on any atom is -0.342 e. The Morgan fingerprint density at radius 1 is 1.33 bits per heavy atom. The van der Waals surface area contributed by atoms with Crippen molar-refractivity contribution in [2.75, 3.05) is 13.2 Å². The van der Waals surface area contributed by atoms with Gasteiger partial charge in [-0.25, -0.2) is 0 Å². The molecule has 0 atom stereocenters. The lowest BCUT2D eigenvalue weighted by atomic mass is 10.5. The molecule has 1 aliphatic heterocycles. The molecule has 0 fully saturated rings. The van der Waals surface area contributed by atoms with E-state index in [1.54, 1.807) is 0 Å². The van der Waals surface area contributed by atoms with Gasteiger partial charge in [0, 0.05) is 0 Å².